The Morgan fingerprint density at radius 3 is 3.00 bits per heavy atom. The number of carbonyl (C=O) groups is 1. The predicted octanol–water partition coefficient (Wildman–Crippen LogP) is 4.49. The van der Waals surface area contributed by atoms with E-state index in [-0.39, 0.29) is 0 Å². The number of hydrogen-bond acceptors (Lipinski definition) is 2. The maximum Gasteiger partial charge on any atom is 0.164 e. The number of fused-ring (bicyclic) bond motifs is 1. The van der Waals surface area contributed by atoms with Gasteiger partial charge in [0.1, 0.15) is 0 Å². The van der Waals surface area contributed by atoms with Crippen LogP contribution in [0.25, 0.3) is 0 Å². The van der Waals surface area contributed by atoms with Gasteiger partial charge in [0.05, 0.1) is 0 Å². The summed E-state index contributed by atoms with van der Waals surface area (Å²) < 4.78 is 0. The van der Waals surface area contributed by atoms with Crippen LogP contribution in [0.4, 0.5) is 0 Å². The first-order chi connectivity index (χ1) is 8.31. The molecule has 2 rings (SSSR count). The zero-order valence-electron chi connectivity index (χ0n) is 10.5. The average Bonchev–Trinajstić information content (AvgIpc) is 2.52. The fourth-order valence-electron chi connectivity index (χ4n) is 2.21. The highest BCUT2D eigenvalue weighted by Gasteiger charge is 2.16. The minimum absolute atomic E-state index is 0.336. The molecule has 1 heterocycles. The number of carbonyl (C=O) groups excluding carboxylic acids is 1. The van der Waals surface area contributed by atoms with Gasteiger partial charge in [-0.1, -0.05) is 25.8 Å². The minimum atomic E-state index is 0.336. The van der Waals surface area contributed by atoms with Crippen molar-refractivity contribution in [3.05, 3.63) is 29.3 Å². The number of rotatable bonds is 4. The Balaban J connectivity index is 2.14. The first-order valence-corrected chi connectivity index (χ1v) is 7.58. The third kappa shape index (κ3) is 3.35. The summed E-state index contributed by atoms with van der Waals surface area (Å²) >= 11 is 1.83. The van der Waals surface area contributed by atoms with Gasteiger partial charge < -0.3 is 0 Å². The molecule has 0 bridgehead atoms. The molecule has 0 amide bonds. The second kappa shape index (κ2) is 6.25. The molecule has 17 heavy (non-hydrogen) atoms. The third-order valence-electron chi connectivity index (χ3n) is 3.22. The molecule has 0 fully saturated rings. The molecule has 2 heteroatoms. The summed E-state index contributed by atoms with van der Waals surface area (Å²) in [4.78, 5) is 13.2. The van der Waals surface area contributed by atoms with Crippen molar-refractivity contribution in [2.24, 2.45) is 0 Å². The molecule has 0 aliphatic carbocycles. The van der Waals surface area contributed by atoms with Crippen LogP contribution in [0.5, 0.6) is 0 Å². The van der Waals surface area contributed by atoms with Gasteiger partial charge in [0.15, 0.2) is 5.78 Å². The van der Waals surface area contributed by atoms with Crippen LogP contribution in [-0.2, 0) is 6.42 Å². The minimum Gasteiger partial charge on any atom is -0.294 e. The summed E-state index contributed by atoms with van der Waals surface area (Å²) in [5.41, 5.74) is 2.30. The van der Waals surface area contributed by atoms with Gasteiger partial charge in [-0.15, -0.1) is 11.8 Å². The van der Waals surface area contributed by atoms with E-state index in [0.717, 1.165) is 30.6 Å². The van der Waals surface area contributed by atoms with Crippen molar-refractivity contribution in [1.29, 1.82) is 0 Å². The molecular weight excluding hydrogens is 228 g/mol. The Bertz CT molecular complexity index is 398. The lowest BCUT2D eigenvalue weighted by Gasteiger charge is -2.07. The van der Waals surface area contributed by atoms with Gasteiger partial charge in [-0.2, -0.15) is 0 Å². The number of unbranched alkanes of at least 4 members (excludes halogenated alkanes) is 2. The molecule has 0 atom stereocenters. The van der Waals surface area contributed by atoms with E-state index in [1.165, 1.54) is 29.7 Å². The van der Waals surface area contributed by atoms with Crippen molar-refractivity contribution in [1.82, 2.24) is 0 Å². The highest BCUT2D eigenvalue weighted by atomic mass is 32.2. The molecular formula is C15H20OS. The highest BCUT2D eigenvalue weighted by molar-refractivity contribution is 7.99. The highest BCUT2D eigenvalue weighted by Crippen LogP contribution is 2.30. The normalized spacial score (nSPS) is 15.5. The van der Waals surface area contributed by atoms with Crippen LogP contribution in [0.2, 0.25) is 0 Å². The van der Waals surface area contributed by atoms with Gasteiger partial charge in [-0.05, 0) is 42.7 Å². The number of thioether (sulfide) groups is 1. The maximum absolute atomic E-state index is 12.0. The molecule has 0 saturated carbocycles. The molecule has 0 N–H and O–H groups in total. The molecule has 1 nitrogen and oxygen atoms in total. The number of benzene rings is 1. The van der Waals surface area contributed by atoms with Crippen LogP contribution >= 0.6 is 11.8 Å². The SMILES string of the molecule is CCCCCc1ccc2c(c1)C(=O)CCCS2. The predicted molar refractivity (Wildman–Crippen MR) is 74.0 cm³/mol. The summed E-state index contributed by atoms with van der Waals surface area (Å²) in [6.07, 6.45) is 6.61. The Labute approximate surface area is 108 Å². The van der Waals surface area contributed by atoms with Gasteiger partial charge in [0.25, 0.3) is 0 Å². The topological polar surface area (TPSA) is 17.1 Å². The van der Waals surface area contributed by atoms with Crippen molar-refractivity contribution < 1.29 is 4.79 Å². The first-order valence-electron chi connectivity index (χ1n) is 6.60. The first kappa shape index (κ1) is 12.7. The van der Waals surface area contributed by atoms with Crippen LogP contribution in [0.15, 0.2) is 23.1 Å². The lowest BCUT2D eigenvalue weighted by Crippen LogP contribution is -2.00. The molecule has 1 aliphatic rings. The zero-order chi connectivity index (χ0) is 12.1. The second-order valence-electron chi connectivity index (χ2n) is 4.66. The molecule has 0 spiro atoms. The van der Waals surface area contributed by atoms with Crippen LogP contribution in [0.3, 0.4) is 0 Å². The van der Waals surface area contributed by atoms with Gasteiger partial charge in [0, 0.05) is 16.9 Å². The van der Waals surface area contributed by atoms with Gasteiger partial charge in [-0.25, -0.2) is 0 Å². The summed E-state index contributed by atoms with van der Waals surface area (Å²) in [7, 11) is 0. The Kier molecular flexibility index (Phi) is 4.66. The van der Waals surface area contributed by atoms with E-state index >= 15 is 0 Å². The van der Waals surface area contributed by atoms with E-state index in [2.05, 4.69) is 25.1 Å². The number of hydrogen-bond donors (Lipinski definition) is 0. The van der Waals surface area contributed by atoms with Crippen molar-refractivity contribution >= 4 is 17.5 Å². The monoisotopic (exact) mass is 248 g/mol. The molecule has 1 aromatic rings. The molecule has 0 unspecified atom stereocenters. The fourth-order valence-corrected chi connectivity index (χ4v) is 3.21. The standard InChI is InChI=1S/C15H20OS/c1-2-3-4-6-12-8-9-15-13(11-12)14(16)7-5-10-17-15/h8-9,11H,2-7,10H2,1H3. The van der Waals surface area contributed by atoms with Gasteiger partial charge >= 0.3 is 0 Å². The Morgan fingerprint density at radius 1 is 1.29 bits per heavy atom. The fraction of sp³-hybridized carbons (Fsp3) is 0.533. The zero-order valence-corrected chi connectivity index (χ0v) is 11.3. The van der Waals surface area contributed by atoms with Gasteiger partial charge in [0.2, 0.25) is 0 Å². The quantitative estimate of drug-likeness (QED) is 0.730. The van der Waals surface area contributed by atoms with Crippen molar-refractivity contribution in [2.75, 3.05) is 5.75 Å². The summed E-state index contributed by atoms with van der Waals surface area (Å²) in [5.74, 6) is 1.41. The van der Waals surface area contributed by atoms with E-state index in [1.807, 2.05) is 11.8 Å². The van der Waals surface area contributed by atoms with Crippen molar-refractivity contribution in [3.8, 4) is 0 Å². The van der Waals surface area contributed by atoms with Crippen LogP contribution < -0.4 is 0 Å². The van der Waals surface area contributed by atoms with Crippen LogP contribution in [-0.4, -0.2) is 11.5 Å². The van der Waals surface area contributed by atoms with Crippen molar-refractivity contribution in [3.63, 3.8) is 0 Å². The largest absolute Gasteiger partial charge is 0.294 e. The third-order valence-corrected chi connectivity index (χ3v) is 4.38. The summed E-state index contributed by atoms with van der Waals surface area (Å²) in [5, 5.41) is 0. The average molecular weight is 248 g/mol. The lowest BCUT2D eigenvalue weighted by atomic mass is 10.0. The molecule has 0 aromatic heterocycles. The molecule has 0 radical (unpaired) electrons. The Morgan fingerprint density at radius 2 is 2.18 bits per heavy atom. The van der Waals surface area contributed by atoms with E-state index in [4.69, 9.17) is 0 Å². The maximum atomic E-state index is 12.0. The number of ketones is 1. The van der Waals surface area contributed by atoms with Crippen LogP contribution in [0, 0.1) is 0 Å². The van der Waals surface area contributed by atoms with Gasteiger partial charge in [-0.3, -0.25) is 4.79 Å². The molecule has 1 aliphatic heterocycles. The van der Waals surface area contributed by atoms with E-state index < -0.39 is 0 Å². The number of aryl methyl sites for hydroxylation is 1. The summed E-state index contributed by atoms with van der Waals surface area (Å²) in [6, 6.07) is 6.47. The van der Waals surface area contributed by atoms with E-state index in [9.17, 15) is 4.79 Å². The van der Waals surface area contributed by atoms with E-state index in [1.54, 1.807) is 0 Å². The summed E-state index contributed by atoms with van der Waals surface area (Å²) in [6.45, 7) is 2.22. The molecule has 92 valence electrons. The molecule has 1 aromatic carbocycles. The number of Topliss-reactive ketones (excluding diaryl/α,β-unsaturated/α-hetero) is 1. The second-order valence-corrected chi connectivity index (χ2v) is 5.80. The van der Waals surface area contributed by atoms with Crippen molar-refractivity contribution in [2.45, 2.75) is 50.3 Å². The molecule has 0 saturated heterocycles. The smallest absolute Gasteiger partial charge is 0.164 e. The van der Waals surface area contributed by atoms with E-state index in [0.29, 0.717) is 5.78 Å². The lowest BCUT2D eigenvalue weighted by molar-refractivity contribution is 0.0980. The van der Waals surface area contributed by atoms with Crippen LogP contribution in [0.1, 0.15) is 54.9 Å². The Hall–Kier alpha value is -0.760.